The van der Waals surface area contributed by atoms with Gasteiger partial charge in [0, 0.05) is 10.4 Å². The quantitative estimate of drug-likeness (QED) is 0.215. The van der Waals surface area contributed by atoms with Gasteiger partial charge in [0.1, 0.15) is 5.82 Å². The molecule has 0 unspecified atom stereocenters. The number of benzene rings is 3. The van der Waals surface area contributed by atoms with E-state index in [0.717, 1.165) is 21.0 Å². The summed E-state index contributed by atoms with van der Waals surface area (Å²) in [5, 5.41) is 10.2. The fourth-order valence-corrected chi connectivity index (χ4v) is 8.59. The number of hydrogen-bond acceptors (Lipinski definition) is 7. The van der Waals surface area contributed by atoms with Gasteiger partial charge in [-0.15, -0.1) is 0 Å². The summed E-state index contributed by atoms with van der Waals surface area (Å²) in [5.41, 5.74) is 0.707. The SMILES string of the molecule is COc1cc(C=C[C@H]2C3=CC[C@@H]4C(=O)N(c5ccc(Br)cc5)C(=O)[C@@H]4[C@@H]3C[C@H]3C(=O)N(c4ccc(F)c(Cl)c4)C(=O)[C@@]23C)cc(OC)c1O. The smallest absolute Gasteiger partial charge is 0.241 e. The lowest BCUT2D eigenvalue weighted by Crippen LogP contribution is -2.49. The number of rotatable bonds is 6. The Balaban J connectivity index is 1.34. The molecule has 9 nitrogen and oxygen atoms in total. The monoisotopic (exact) mass is 748 g/mol. The first-order valence-electron chi connectivity index (χ1n) is 15.7. The topological polar surface area (TPSA) is 113 Å². The Bertz CT molecular complexity index is 1970. The zero-order valence-electron chi connectivity index (χ0n) is 26.7. The molecule has 0 bridgehead atoms. The number of phenolic OH excluding ortho intramolecular Hbond substituents is 1. The fraction of sp³-hybridized carbons (Fsp3) is 0.297. The number of carbonyl (C=O) groups excluding carboxylic acids is 4. The molecule has 0 aromatic heterocycles. The van der Waals surface area contributed by atoms with Gasteiger partial charge in [-0.2, -0.15) is 0 Å². The zero-order valence-corrected chi connectivity index (χ0v) is 29.0. The van der Waals surface area contributed by atoms with Crippen LogP contribution in [-0.4, -0.2) is 43.0 Å². The lowest BCUT2D eigenvalue weighted by atomic mass is 9.52. The molecular weight excluding hydrogens is 719 g/mol. The predicted octanol–water partition coefficient (Wildman–Crippen LogP) is 6.95. The molecule has 1 saturated carbocycles. The highest BCUT2D eigenvalue weighted by molar-refractivity contribution is 9.10. The van der Waals surface area contributed by atoms with E-state index in [0.29, 0.717) is 17.7 Å². The molecule has 2 aliphatic heterocycles. The van der Waals surface area contributed by atoms with Crippen molar-refractivity contribution in [2.24, 2.45) is 35.0 Å². The number of ether oxygens (including phenoxy) is 2. The van der Waals surface area contributed by atoms with Gasteiger partial charge in [-0.25, -0.2) is 9.29 Å². The number of amides is 4. The van der Waals surface area contributed by atoms with Crippen molar-refractivity contribution in [2.45, 2.75) is 19.8 Å². The molecule has 0 spiro atoms. The van der Waals surface area contributed by atoms with Crippen LogP contribution < -0.4 is 19.3 Å². The number of aromatic hydroxyl groups is 1. The van der Waals surface area contributed by atoms with Gasteiger partial charge >= 0.3 is 0 Å². The molecule has 2 saturated heterocycles. The summed E-state index contributed by atoms with van der Waals surface area (Å²) in [4.78, 5) is 59.1. The summed E-state index contributed by atoms with van der Waals surface area (Å²) < 4.78 is 25.6. The number of hydrogen-bond donors (Lipinski definition) is 1. The number of fused-ring (bicyclic) bond motifs is 4. The third-order valence-corrected chi connectivity index (χ3v) is 11.4. The highest BCUT2D eigenvalue weighted by atomic mass is 79.9. The summed E-state index contributed by atoms with van der Waals surface area (Å²) in [5.74, 6) is -5.51. The zero-order chi connectivity index (χ0) is 34.9. The molecule has 7 rings (SSSR count). The molecule has 49 heavy (non-hydrogen) atoms. The average molecular weight is 750 g/mol. The third-order valence-electron chi connectivity index (χ3n) is 10.6. The van der Waals surface area contributed by atoms with Crippen LogP contribution in [0.5, 0.6) is 17.2 Å². The lowest BCUT2D eigenvalue weighted by molar-refractivity contribution is -0.132. The van der Waals surface area contributed by atoms with Crippen LogP contribution in [-0.2, 0) is 19.2 Å². The van der Waals surface area contributed by atoms with E-state index in [1.807, 2.05) is 12.2 Å². The molecule has 2 heterocycles. The van der Waals surface area contributed by atoms with Crippen LogP contribution >= 0.6 is 27.5 Å². The number of nitrogens with zero attached hydrogens (tertiary/aromatic N) is 2. The van der Waals surface area contributed by atoms with Gasteiger partial charge < -0.3 is 14.6 Å². The first kappa shape index (κ1) is 33.0. The summed E-state index contributed by atoms with van der Waals surface area (Å²) in [6.07, 6.45) is 6.00. The van der Waals surface area contributed by atoms with Gasteiger partial charge in [0.15, 0.2) is 11.5 Å². The van der Waals surface area contributed by atoms with Gasteiger partial charge in [0.2, 0.25) is 29.4 Å². The van der Waals surface area contributed by atoms with Crippen molar-refractivity contribution in [2.75, 3.05) is 24.0 Å². The van der Waals surface area contributed by atoms with Crippen molar-refractivity contribution in [3.63, 3.8) is 0 Å². The Morgan fingerprint density at radius 3 is 2.20 bits per heavy atom. The van der Waals surface area contributed by atoms with Crippen molar-refractivity contribution in [3.05, 3.63) is 93.2 Å². The van der Waals surface area contributed by atoms with Crippen molar-refractivity contribution in [1.82, 2.24) is 0 Å². The van der Waals surface area contributed by atoms with Crippen molar-refractivity contribution in [3.8, 4) is 17.2 Å². The maximum Gasteiger partial charge on any atom is 0.241 e. The van der Waals surface area contributed by atoms with E-state index in [4.69, 9.17) is 21.1 Å². The summed E-state index contributed by atoms with van der Waals surface area (Å²) in [6, 6.07) is 13.9. The molecule has 252 valence electrons. The lowest BCUT2D eigenvalue weighted by Gasteiger charge is -2.47. The number of phenols is 1. The standard InChI is InChI=1S/C37H31BrClFN2O7/c1-37-25(12-4-18-14-29(48-2)32(43)30(15-18)49-3)22-10-11-23-31(35(46)41(33(23)44)20-7-5-19(38)6-8-20)24(22)17-26(37)34(45)42(36(37)47)21-9-13-28(40)27(39)16-21/h4-10,12-16,23-26,31,43H,11,17H2,1-3H3/t23-,24+,25-,26-,31-,37-/m0/s1. The highest BCUT2D eigenvalue weighted by Gasteiger charge is 2.67. The van der Waals surface area contributed by atoms with Crippen LogP contribution in [0.3, 0.4) is 0 Å². The maximum absolute atomic E-state index is 14.5. The molecule has 4 aliphatic rings. The normalized spacial score (nSPS) is 27.7. The van der Waals surface area contributed by atoms with Crippen LogP contribution in [0.15, 0.2) is 76.8 Å². The van der Waals surface area contributed by atoms with E-state index in [9.17, 15) is 28.7 Å². The molecule has 6 atom stereocenters. The van der Waals surface area contributed by atoms with Crippen molar-refractivity contribution < 1.29 is 38.1 Å². The molecule has 3 fully saturated rings. The van der Waals surface area contributed by atoms with E-state index >= 15 is 0 Å². The van der Waals surface area contributed by atoms with E-state index < -0.39 is 52.6 Å². The van der Waals surface area contributed by atoms with Crippen LogP contribution in [0.2, 0.25) is 5.02 Å². The number of allylic oxidation sites excluding steroid dienone is 3. The van der Waals surface area contributed by atoms with E-state index in [-0.39, 0.29) is 46.2 Å². The minimum Gasteiger partial charge on any atom is -0.502 e. The largest absolute Gasteiger partial charge is 0.502 e. The van der Waals surface area contributed by atoms with Crippen LogP contribution in [0.1, 0.15) is 25.3 Å². The Hall–Kier alpha value is -4.48. The van der Waals surface area contributed by atoms with Gasteiger partial charge in [-0.3, -0.25) is 24.1 Å². The average Bonchev–Trinajstić information content (AvgIpc) is 3.46. The molecule has 1 N–H and O–H groups in total. The Kier molecular flexibility index (Phi) is 8.18. The highest BCUT2D eigenvalue weighted by Crippen LogP contribution is 2.61. The van der Waals surface area contributed by atoms with E-state index in [1.54, 1.807) is 49.4 Å². The minimum atomic E-state index is -1.30. The number of methoxy groups -OCH3 is 2. The summed E-state index contributed by atoms with van der Waals surface area (Å²) >= 11 is 9.49. The number of carbonyl (C=O) groups is 4. The van der Waals surface area contributed by atoms with Crippen molar-refractivity contribution in [1.29, 1.82) is 0 Å². The predicted molar refractivity (Wildman–Crippen MR) is 184 cm³/mol. The van der Waals surface area contributed by atoms with Gasteiger partial charge in [0.25, 0.3) is 0 Å². The second-order valence-electron chi connectivity index (χ2n) is 12.9. The van der Waals surface area contributed by atoms with Crippen LogP contribution in [0.25, 0.3) is 6.08 Å². The van der Waals surface area contributed by atoms with Crippen molar-refractivity contribution >= 4 is 68.6 Å². The first-order chi connectivity index (χ1) is 23.4. The Morgan fingerprint density at radius 1 is 0.918 bits per heavy atom. The van der Waals surface area contributed by atoms with Crippen LogP contribution in [0, 0.1) is 40.8 Å². The third kappa shape index (κ3) is 5.00. The van der Waals surface area contributed by atoms with Gasteiger partial charge in [-0.1, -0.05) is 51.3 Å². The molecule has 2 aliphatic carbocycles. The molecule has 4 amide bonds. The van der Waals surface area contributed by atoms with Crippen LogP contribution in [0.4, 0.5) is 15.8 Å². The summed E-state index contributed by atoms with van der Waals surface area (Å²) in [6.45, 7) is 1.74. The van der Waals surface area contributed by atoms with E-state index in [2.05, 4.69) is 15.9 Å². The molecule has 0 radical (unpaired) electrons. The first-order valence-corrected chi connectivity index (χ1v) is 16.9. The van der Waals surface area contributed by atoms with E-state index in [1.165, 1.54) is 31.3 Å². The molecule has 12 heteroatoms. The number of anilines is 2. The summed E-state index contributed by atoms with van der Waals surface area (Å²) in [7, 11) is 2.83. The fourth-order valence-electron chi connectivity index (χ4n) is 8.15. The Labute approximate surface area is 295 Å². The molecule has 3 aromatic carbocycles. The maximum atomic E-state index is 14.5. The number of imide groups is 2. The van der Waals surface area contributed by atoms with Gasteiger partial charge in [-0.05, 0) is 85.8 Å². The molecular formula is C37H31BrClFN2O7. The second kappa shape index (κ2) is 12.1. The van der Waals surface area contributed by atoms with Gasteiger partial charge in [0.05, 0.1) is 53.8 Å². The minimum absolute atomic E-state index is 0.149. The second-order valence-corrected chi connectivity index (χ2v) is 14.2. The number of halogens is 3. The Morgan fingerprint density at radius 2 is 1.57 bits per heavy atom. The molecule has 3 aromatic rings.